The average Bonchev–Trinajstić information content (AvgIpc) is 2.90. The van der Waals surface area contributed by atoms with Crippen molar-refractivity contribution in [2.45, 2.75) is 26.8 Å². The topological polar surface area (TPSA) is 30.5 Å². The molecule has 20 heavy (non-hydrogen) atoms. The second-order valence-corrected chi connectivity index (χ2v) is 5.79. The largest absolute Gasteiger partial charge is 0.490 e. The quantitative estimate of drug-likeness (QED) is 0.833. The summed E-state index contributed by atoms with van der Waals surface area (Å²) in [6, 6.07) is 5.09. The Kier molecular flexibility index (Phi) is 5.80. The molecule has 0 saturated carbocycles. The molecule has 1 unspecified atom stereocenters. The third kappa shape index (κ3) is 4.46. The maximum atomic E-state index is 13.9. The molecule has 1 aliphatic rings. The molecule has 1 N–H and O–H groups in total. The lowest BCUT2D eigenvalue weighted by Crippen LogP contribution is -2.20. The highest BCUT2D eigenvalue weighted by atomic mass is 19.1. The SMILES string of the molecule is CC(C)CNCc1cccc(F)c1OCC1CCOC1. The van der Waals surface area contributed by atoms with Crippen LogP contribution in [0.3, 0.4) is 0 Å². The van der Waals surface area contributed by atoms with Gasteiger partial charge in [-0.25, -0.2) is 4.39 Å². The van der Waals surface area contributed by atoms with Crippen molar-refractivity contribution in [1.82, 2.24) is 5.32 Å². The van der Waals surface area contributed by atoms with Crippen molar-refractivity contribution in [1.29, 1.82) is 0 Å². The van der Waals surface area contributed by atoms with E-state index in [0.29, 0.717) is 30.7 Å². The minimum absolute atomic E-state index is 0.284. The molecule has 0 aromatic heterocycles. The number of hydrogen-bond acceptors (Lipinski definition) is 3. The minimum Gasteiger partial charge on any atom is -0.490 e. The monoisotopic (exact) mass is 281 g/mol. The van der Waals surface area contributed by atoms with E-state index in [2.05, 4.69) is 19.2 Å². The highest BCUT2D eigenvalue weighted by Gasteiger charge is 2.18. The molecule has 0 amide bonds. The maximum absolute atomic E-state index is 13.9. The molecule has 112 valence electrons. The molecule has 1 aliphatic heterocycles. The van der Waals surface area contributed by atoms with Crippen LogP contribution in [-0.2, 0) is 11.3 Å². The van der Waals surface area contributed by atoms with E-state index >= 15 is 0 Å². The van der Waals surface area contributed by atoms with Crippen molar-refractivity contribution >= 4 is 0 Å². The van der Waals surface area contributed by atoms with E-state index in [1.165, 1.54) is 6.07 Å². The van der Waals surface area contributed by atoms with Gasteiger partial charge in [0.2, 0.25) is 0 Å². The number of benzene rings is 1. The fraction of sp³-hybridized carbons (Fsp3) is 0.625. The van der Waals surface area contributed by atoms with Crippen molar-refractivity contribution < 1.29 is 13.9 Å². The van der Waals surface area contributed by atoms with Gasteiger partial charge < -0.3 is 14.8 Å². The Morgan fingerprint density at radius 3 is 3.00 bits per heavy atom. The van der Waals surface area contributed by atoms with Crippen LogP contribution in [0.5, 0.6) is 5.75 Å². The molecular formula is C16H24FNO2. The second kappa shape index (κ2) is 7.60. The number of rotatable bonds is 7. The van der Waals surface area contributed by atoms with Gasteiger partial charge in [-0.05, 0) is 24.9 Å². The first-order chi connectivity index (χ1) is 9.66. The summed E-state index contributed by atoms with van der Waals surface area (Å²) in [7, 11) is 0. The predicted molar refractivity (Wildman–Crippen MR) is 77.4 cm³/mol. The molecule has 1 atom stereocenters. The second-order valence-electron chi connectivity index (χ2n) is 5.79. The van der Waals surface area contributed by atoms with Crippen LogP contribution in [0, 0.1) is 17.7 Å². The van der Waals surface area contributed by atoms with E-state index in [-0.39, 0.29) is 5.82 Å². The zero-order valence-corrected chi connectivity index (χ0v) is 12.3. The Hall–Kier alpha value is -1.13. The summed E-state index contributed by atoms with van der Waals surface area (Å²) in [4.78, 5) is 0. The van der Waals surface area contributed by atoms with Crippen molar-refractivity contribution in [2.24, 2.45) is 11.8 Å². The Morgan fingerprint density at radius 2 is 2.30 bits per heavy atom. The van der Waals surface area contributed by atoms with Gasteiger partial charge in [0.15, 0.2) is 11.6 Å². The zero-order valence-electron chi connectivity index (χ0n) is 12.3. The number of ether oxygens (including phenoxy) is 2. The summed E-state index contributed by atoms with van der Waals surface area (Å²) in [5, 5.41) is 3.33. The van der Waals surface area contributed by atoms with Crippen LogP contribution < -0.4 is 10.1 Å². The Morgan fingerprint density at radius 1 is 1.45 bits per heavy atom. The van der Waals surface area contributed by atoms with Crippen molar-refractivity contribution in [3.63, 3.8) is 0 Å². The molecule has 2 rings (SSSR count). The van der Waals surface area contributed by atoms with Crippen LogP contribution in [0.2, 0.25) is 0 Å². The molecule has 3 nitrogen and oxygen atoms in total. The lowest BCUT2D eigenvalue weighted by Gasteiger charge is -2.15. The molecular weight excluding hydrogens is 257 g/mol. The van der Waals surface area contributed by atoms with Crippen molar-refractivity contribution in [3.8, 4) is 5.75 Å². The van der Waals surface area contributed by atoms with Gasteiger partial charge in [0.1, 0.15) is 0 Å². The minimum atomic E-state index is -0.284. The van der Waals surface area contributed by atoms with E-state index in [9.17, 15) is 4.39 Å². The normalized spacial score (nSPS) is 18.7. The Balaban J connectivity index is 1.94. The summed E-state index contributed by atoms with van der Waals surface area (Å²) in [6.45, 7) is 7.87. The molecule has 1 aromatic rings. The van der Waals surface area contributed by atoms with Gasteiger partial charge in [-0.2, -0.15) is 0 Å². The van der Waals surface area contributed by atoms with Crippen LogP contribution >= 0.6 is 0 Å². The Bertz CT molecular complexity index is 417. The number of halogens is 1. The van der Waals surface area contributed by atoms with Gasteiger partial charge in [0.25, 0.3) is 0 Å². The molecule has 1 fully saturated rings. The third-order valence-electron chi connectivity index (χ3n) is 3.40. The summed E-state index contributed by atoms with van der Waals surface area (Å²) in [5.74, 6) is 1.05. The van der Waals surface area contributed by atoms with Crippen molar-refractivity contribution in [2.75, 3.05) is 26.4 Å². The van der Waals surface area contributed by atoms with Gasteiger partial charge in [0, 0.05) is 24.6 Å². The summed E-state index contributed by atoms with van der Waals surface area (Å²) < 4.78 is 25.0. The van der Waals surface area contributed by atoms with Crippen LogP contribution in [0.1, 0.15) is 25.8 Å². The first kappa shape index (κ1) is 15.3. The van der Waals surface area contributed by atoms with E-state index in [0.717, 1.165) is 31.7 Å². The summed E-state index contributed by atoms with van der Waals surface area (Å²) >= 11 is 0. The van der Waals surface area contributed by atoms with E-state index in [1.54, 1.807) is 6.07 Å². The summed E-state index contributed by atoms with van der Waals surface area (Å²) in [5.41, 5.74) is 0.879. The third-order valence-corrected chi connectivity index (χ3v) is 3.40. The molecule has 0 spiro atoms. The number of hydrogen-bond donors (Lipinski definition) is 1. The van der Waals surface area contributed by atoms with Gasteiger partial charge in [0.05, 0.1) is 13.2 Å². The molecule has 0 aliphatic carbocycles. The number of para-hydroxylation sites is 1. The van der Waals surface area contributed by atoms with E-state index in [4.69, 9.17) is 9.47 Å². The predicted octanol–water partition coefficient (Wildman–Crippen LogP) is 2.99. The molecule has 0 radical (unpaired) electrons. The van der Waals surface area contributed by atoms with Gasteiger partial charge in [-0.15, -0.1) is 0 Å². The van der Waals surface area contributed by atoms with Crippen LogP contribution in [-0.4, -0.2) is 26.4 Å². The average molecular weight is 281 g/mol. The van der Waals surface area contributed by atoms with Gasteiger partial charge in [-0.3, -0.25) is 0 Å². The molecule has 1 aromatic carbocycles. The standard InChI is InChI=1S/C16H24FNO2/c1-12(2)8-18-9-14-4-3-5-15(17)16(14)20-11-13-6-7-19-10-13/h3-5,12-13,18H,6-11H2,1-2H3. The Labute approximate surface area is 120 Å². The van der Waals surface area contributed by atoms with E-state index in [1.807, 2.05) is 6.07 Å². The first-order valence-corrected chi connectivity index (χ1v) is 7.35. The zero-order chi connectivity index (χ0) is 14.4. The highest BCUT2D eigenvalue weighted by molar-refractivity contribution is 5.34. The lowest BCUT2D eigenvalue weighted by atomic mass is 10.1. The molecule has 4 heteroatoms. The first-order valence-electron chi connectivity index (χ1n) is 7.35. The molecule has 1 saturated heterocycles. The van der Waals surface area contributed by atoms with Crippen molar-refractivity contribution in [3.05, 3.63) is 29.6 Å². The van der Waals surface area contributed by atoms with E-state index < -0.39 is 0 Å². The van der Waals surface area contributed by atoms with Crippen LogP contribution in [0.15, 0.2) is 18.2 Å². The van der Waals surface area contributed by atoms with Crippen LogP contribution in [0.25, 0.3) is 0 Å². The smallest absolute Gasteiger partial charge is 0.165 e. The van der Waals surface area contributed by atoms with Gasteiger partial charge >= 0.3 is 0 Å². The number of nitrogens with one attached hydrogen (secondary N) is 1. The lowest BCUT2D eigenvalue weighted by molar-refractivity contribution is 0.165. The van der Waals surface area contributed by atoms with Gasteiger partial charge in [-0.1, -0.05) is 26.0 Å². The molecule has 1 heterocycles. The van der Waals surface area contributed by atoms with Crippen LogP contribution in [0.4, 0.5) is 4.39 Å². The summed E-state index contributed by atoms with van der Waals surface area (Å²) in [6.07, 6.45) is 0.995. The fourth-order valence-electron chi connectivity index (χ4n) is 2.27. The maximum Gasteiger partial charge on any atom is 0.165 e. The molecule has 0 bridgehead atoms. The highest BCUT2D eigenvalue weighted by Crippen LogP contribution is 2.24. The fourth-order valence-corrected chi connectivity index (χ4v) is 2.27.